The van der Waals surface area contributed by atoms with E-state index in [-0.39, 0.29) is 18.3 Å². The van der Waals surface area contributed by atoms with E-state index in [0.717, 1.165) is 17.0 Å². The molecular weight excluding hydrogens is 306 g/mol. The van der Waals surface area contributed by atoms with E-state index < -0.39 is 0 Å². The highest BCUT2D eigenvalue weighted by Crippen LogP contribution is 2.20. The number of rotatable bonds is 5. The van der Waals surface area contributed by atoms with Gasteiger partial charge in [-0.05, 0) is 36.4 Å². The molecule has 0 saturated carbocycles. The Kier molecular flexibility index (Phi) is 4.71. The normalized spacial score (nSPS) is 10.2. The van der Waals surface area contributed by atoms with E-state index in [1.165, 1.54) is 18.7 Å². The van der Waals surface area contributed by atoms with E-state index in [0.29, 0.717) is 5.69 Å². The van der Waals surface area contributed by atoms with Gasteiger partial charge in [-0.1, -0.05) is 0 Å². The van der Waals surface area contributed by atoms with Crippen molar-refractivity contribution < 1.29 is 9.53 Å². The summed E-state index contributed by atoms with van der Waals surface area (Å²) < 4.78 is 5.14. The van der Waals surface area contributed by atoms with Gasteiger partial charge in [0.05, 0.1) is 25.0 Å². The van der Waals surface area contributed by atoms with Crippen molar-refractivity contribution in [2.24, 2.45) is 0 Å². The second-order valence-electron chi connectivity index (χ2n) is 4.88. The van der Waals surface area contributed by atoms with Gasteiger partial charge in [-0.15, -0.1) is 0 Å². The molecular formula is C17H15N5O2. The minimum atomic E-state index is -0.347. The number of carbonyl (C=O) groups excluding carboxylic acids is 1. The predicted molar refractivity (Wildman–Crippen MR) is 87.2 cm³/mol. The summed E-state index contributed by atoms with van der Waals surface area (Å²) in [7, 11) is 1.62. The minimum absolute atomic E-state index is 0.127. The molecule has 1 aromatic carbocycles. The topological polar surface area (TPSA) is 89.9 Å². The third-order valence-corrected chi connectivity index (χ3v) is 3.31. The van der Waals surface area contributed by atoms with Gasteiger partial charge < -0.3 is 10.1 Å². The fourth-order valence-corrected chi connectivity index (χ4v) is 2.08. The number of methoxy groups -OCH3 is 1. The van der Waals surface area contributed by atoms with E-state index in [9.17, 15) is 4.79 Å². The number of carbonyl (C=O) groups is 1. The highest BCUT2D eigenvalue weighted by atomic mass is 16.5. The molecule has 2 heterocycles. The Morgan fingerprint density at radius 3 is 2.54 bits per heavy atom. The molecule has 1 amide bonds. The minimum Gasteiger partial charge on any atom is -0.497 e. The molecule has 3 aromatic rings. The molecule has 0 radical (unpaired) electrons. The van der Waals surface area contributed by atoms with Crippen molar-refractivity contribution >= 4 is 5.91 Å². The van der Waals surface area contributed by atoms with E-state index >= 15 is 0 Å². The van der Waals surface area contributed by atoms with Crippen molar-refractivity contribution in [2.45, 2.75) is 6.54 Å². The maximum Gasteiger partial charge on any atom is 0.289 e. The van der Waals surface area contributed by atoms with E-state index in [1.54, 1.807) is 13.2 Å². The number of amides is 1. The van der Waals surface area contributed by atoms with E-state index in [1.807, 2.05) is 30.3 Å². The van der Waals surface area contributed by atoms with Gasteiger partial charge in [0.25, 0.3) is 5.91 Å². The fourth-order valence-electron chi connectivity index (χ4n) is 2.08. The number of ether oxygens (including phenoxy) is 1. The SMILES string of the molecule is COc1ccc(-c2cc(CNC(=O)c3ncccn3)ncn2)cc1. The van der Waals surface area contributed by atoms with Gasteiger partial charge >= 0.3 is 0 Å². The van der Waals surface area contributed by atoms with Crippen LogP contribution in [0.1, 0.15) is 16.3 Å². The summed E-state index contributed by atoms with van der Waals surface area (Å²) in [4.78, 5) is 28.2. The second kappa shape index (κ2) is 7.28. The highest BCUT2D eigenvalue weighted by molar-refractivity contribution is 5.90. The molecule has 3 rings (SSSR count). The maximum absolute atomic E-state index is 12.0. The zero-order chi connectivity index (χ0) is 16.8. The summed E-state index contributed by atoms with van der Waals surface area (Å²) in [6.07, 6.45) is 4.52. The van der Waals surface area contributed by atoms with Gasteiger partial charge in [0, 0.05) is 18.0 Å². The van der Waals surface area contributed by atoms with Crippen molar-refractivity contribution in [3.05, 3.63) is 66.6 Å². The molecule has 0 bridgehead atoms. The monoisotopic (exact) mass is 321 g/mol. The molecule has 0 atom stereocenters. The Labute approximate surface area is 138 Å². The lowest BCUT2D eigenvalue weighted by atomic mass is 10.1. The predicted octanol–water partition coefficient (Wildman–Crippen LogP) is 1.87. The van der Waals surface area contributed by atoms with Gasteiger partial charge in [-0.2, -0.15) is 0 Å². The van der Waals surface area contributed by atoms with Crippen LogP contribution in [0, 0.1) is 0 Å². The summed E-state index contributed by atoms with van der Waals surface area (Å²) in [5.41, 5.74) is 2.41. The molecule has 2 aromatic heterocycles. The number of hydrogen-bond donors (Lipinski definition) is 1. The third-order valence-electron chi connectivity index (χ3n) is 3.31. The molecule has 0 aliphatic carbocycles. The van der Waals surface area contributed by atoms with Crippen LogP contribution in [0.4, 0.5) is 0 Å². The number of aromatic nitrogens is 4. The molecule has 1 N–H and O–H groups in total. The van der Waals surface area contributed by atoms with Crippen LogP contribution in [0.25, 0.3) is 11.3 Å². The number of benzene rings is 1. The summed E-state index contributed by atoms with van der Waals surface area (Å²) in [6.45, 7) is 0.267. The molecule has 0 aliphatic rings. The van der Waals surface area contributed by atoms with E-state index in [4.69, 9.17) is 4.74 Å². The van der Waals surface area contributed by atoms with Crippen LogP contribution < -0.4 is 10.1 Å². The molecule has 0 fully saturated rings. The summed E-state index contributed by atoms with van der Waals surface area (Å²) in [6, 6.07) is 11.1. The first-order valence-corrected chi connectivity index (χ1v) is 7.27. The lowest BCUT2D eigenvalue weighted by molar-refractivity contribution is 0.0940. The van der Waals surface area contributed by atoms with Crippen LogP contribution in [0.5, 0.6) is 5.75 Å². The van der Waals surface area contributed by atoms with Crippen LogP contribution in [0.15, 0.2) is 55.1 Å². The first kappa shape index (κ1) is 15.5. The van der Waals surface area contributed by atoms with Gasteiger partial charge in [-0.25, -0.2) is 19.9 Å². The average Bonchev–Trinajstić information content (AvgIpc) is 2.67. The van der Waals surface area contributed by atoms with Crippen LogP contribution in [0.2, 0.25) is 0 Å². The van der Waals surface area contributed by atoms with Crippen LogP contribution in [0.3, 0.4) is 0 Å². The summed E-state index contributed by atoms with van der Waals surface area (Å²) in [5, 5.41) is 2.74. The third kappa shape index (κ3) is 3.70. The lowest BCUT2D eigenvalue weighted by Gasteiger charge is -2.06. The zero-order valence-corrected chi connectivity index (χ0v) is 13.0. The van der Waals surface area contributed by atoms with Gasteiger partial charge in [0.1, 0.15) is 12.1 Å². The Balaban J connectivity index is 1.70. The molecule has 0 unspecified atom stereocenters. The number of hydrogen-bond acceptors (Lipinski definition) is 6. The Hall–Kier alpha value is -3.35. The number of nitrogens with zero attached hydrogens (tertiary/aromatic N) is 4. The molecule has 120 valence electrons. The molecule has 0 saturated heterocycles. The number of nitrogens with one attached hydrogen (secondary N) is 1. The molecule has 0 spiro atoms. The van der Waals surface area contributed by atoms with Gasteiger partial charge in [0.15, 0.2) is 0 Å². The molecule has 0 aliphatic heterocycles. The van der Waals surface area contributed by atoms with Gasteiger partial charge in [-0.3, -0.25) is 4.79 Å². The first-order chi connectivity index (χ1) is 11.8. The van der Waals surface area contributed by atoms with Crippen LogP contribution >= 0.6 is 0 Å². The Bertz CT molecular complexity index is 822. The van der Waals surface area contributed by atoms with E-state index in [2.05, 4.69) is 25.3 Å². The van der Waals surface area contributed by atoms with Crippen molar-refractivity contribution in [3.8, 4) is 17.0 Å². The van der Waals surface area contributed by atoms with Crippen LogP contribution in [-0.2, 0) is 6.54 Å². The van der Waals surface area contributed by atoms with Crippen molar-refractivity contribution in [1.29, 1.82) is 0 Å². The summed E-state index contributed by atoms with van der Waals surface area (Å²) >= 11 is 0. The average molecular weight is 321 g/mol. The second-order valence-corrected chi connectivity index (χ2v) is 4.88. The standard InChI is InChI=1S/C17H15N5O2/c1-24-14-5-3-12(4-6-14)15-9-13(21-11-22-15)10-20-17(23)16-18-7-2-8-19-16/h2-9,11H,10H2,1H3,(H,20,23). The van der Waals surface area contributed by atoms with Crippen molar-refractivity contribution in [1.82, 2.24) is 25.3 Å². The zero-order valence-electron chi connectivity index (χ0n) is 13.0. The quantitative estimate of drug-likeness (QED) is 0.771. The van der Waals surface area contributed by atoms with Gasteiger partial charge in [0.2, 0.25) is 5.82 Å². The fraction of sp³-hybridized carbons (Fsp3) is 0.118. The highest BCUT2D eigenvalue weighted by Gasteiger charge is 2.08. The first-order valence-electron chi connectivity index (χ1n) is 7.27. The maximum atomic E-state index is 12.0. The Morgan fingerprint density at radius 2 is 1.83 bits per heavy atom. The van der Waals surface area contributed by atoms with Crippen LogP contribution in [-0.4, -0.2) is 33.0 Å². The van der Waals surface area contributed by atoms with Crippen molar-refractivity contribution in [3.63, 3.8) is 0 Å². The molecule has 7 nitrogen and oxygen atoms in total. The smallest absolute Gasteiger partial charge is 0.289 e. The summed E-state index contributed by atoms with van der Waals surface area (Å²) in [5.74, 6) is 0.560. The van der Waals surface area contributed by atoms with Crippen molar-refractivity contribution in [2.75, 3.05) is 7.11 Å². The Morgan fingerprint density at radius 1 is 1.08 bits per heavy atom. The lowest BCUT2D eigenvalue weighted by Crippen LogP contribution is -2.25. The molecule has 7 heteroatoms. The largest absolute Gasteiger partial charge is 0.497 e. The molecule has 24 heavy (non-hydrogen) atoms.